The summed E-state index contributed by atoms with van der Waals surface area (Å²) >= 11 is 0. The van der Waals surface area contributed by atoms with Gasteiger partial charge < -0.3 is 5.11 Å². The molecule has 1 N–H and O–H groups in total. The maximum atomic E-state index is 12.3. The summed E-state index contributed by atoms with van der Waals surface area (Å²) in [6.45, 7) is 0. The highest BCUT2D eigenvalue weighted by atomic mass is 16.4. The maximum Gasteiger partial charge on any atom is 0.341 e. The number of hydrogen-bond donors (Lipinski definition) is 1. The van der Waals surface area contributed by atoms with E-state index in [0.717, 1.165) is 22.4 Å². The van der Waals surface area contributed by atoms with Gasteiger partial charge in [0.2, 0.25) is 0 Å². The van der Waals surface area contributed by atoms with E-state index in [1.54, 1.807) is 36.9 Å². The van der Waals surface area contributed by atoms with Crippen LogP contribution >= 0.6 is 0 Å². The van der Waals surface area contributed by atoms with E-state index in [4.69, 9.17) is 0 Å². The first kappa shape index (κ1) is 16.7. The highest BCUT2D eigenvalue weighted by Crippen LogP contribution is 2.19. The minimum absolute atomic E-state index is 0.248. The Morgan fingerprint density at radius 2 is 1.85 bits per heavy atom. The van der Waals surface area contributed by atoms with Crippen LogP contribution in [0, 0.1) is 0 Å². The number of hydrogen-bond acceptors (Lipinski definition) is 4. The van der Waals surface area contributed by atoms with Gasteiger partial charge in [0.1, 0.15) is 5.56 Å². The van der Waals surface area contributed by atoms with Crippen molar-refractivity contribution in [1.29, 1.82) is 0 Å². The van der Waals surface area contributed by atoms with Crippen molar-refractivity contribution in [2.45, 2.75) is 6.42 Å². The Kier molecular flexibility index (Phi) is 4.22. The van der Waals surface area contributed by atoms with Gasteiger partial charge in [-0.1, -0.05) is 12.1 Å². The van der Waals surface area contributed by atoms with Crippen molar-refractivity contribution in [2.75, 3.05) is 0 Å². The highest BCUT2D eigenvalue weighted by molar-refractivity contribution is 5.88. The molecule has 27 heavy (non-hydrogen) atoms. The smallest absolute Gasteiger partial charge is 0.341 e. The van der Waals surface area contributed by atoms with Crippen molar-refractivity contribution in [1.82, 2.24) is 14.4 Å². The molecule has 4 aromatic heterocycles. The second-order valence-electron chi connectivity index (χ2n) is 6.10. The number of fused-ring (bicyclic) bond motifs is 1. The normalized spacial score (nSPS) is 10.8. The van der Waals surface area contributed by atoms with Gasteiger partial charge in [-0.15, -0.1) is 0 Å². The van der Waals surface area contributed by atoms with Crippen LogP contribution in [-0.2, 0) is 6.42 Å². The Labute approximate surface area is 154 Å². The Hall–Kier alpha value is -3.80. The van der Waals surface area contributed by atoms with Gasteiger partial charge in [0, 0.05) is 42.5 Å². The van der Waals surface area contributed by atoms with Crippen molar-refractivity contribution >= 4 is 11.5 Å². The van der Waals surface area contributed by atoms with E-state index in [9.17, 15) is 14.7 Å². The average molecular weight is 357 g/mol. The molecule has 6 heteroatoms. The van der Waals surface area contributed by atoms with Crippen molar-refractivity contribution in [2.24, 2.45) is 0 Å². The largest absolute Gasteiger partial charge is 0.477 e. The molecule has 0 bridgehead atoms. The van der Waals surface area contributed by atoms with Gasteiger partial charge in [0.15, 0.2) is 0 Å². The lowest BCUT2D eigenvalue weighted by Crippen LogP contribution is -2.23. The summed E-state index contributed by atoms with van der Waals surface area (Å²) < 4.78 is 1.37. The fourth-order valence-corrected chi connectivity index (χ4v) is 3.06. The van der Waals surface area contributed by atoms with Gasteiger partial charge in [0.05, 0.1) is 5.52 Å². The predicted molar refractivity (Wildman–Crippen MR) is 101 cm³/mol. The molecule has 0 saturated carbocycles. The minimum atomic E-state index is -1.24. The molecule has 0 aliphatic rings. The fraction of sp³-hybridized carbons (Fsp3) is 0.0476. The maximum absolute atomic E-state index is 12.3. The SMILES string of the molecule is O=C(O)c1cc(Cc2ccc(-c3ccncc3)cn2)c2ccccn2c1=O. The fourth-order valence-electron chi connectivity index (χ4n) is 3.06. The first-order valence-corrected chi connectivity index (χ1v) is 8.35. The van der Waals surface area contributed by atoms with Crippen molar-refractivity contribution in [3.63, 3.8) is 0 Å². The molecule has 0 amide bonds. The molecule has 0 aromatic carbocycles. The van der Waals surface area contributed by atoms with E-state index in [0.29, 0.717) is 11.9 Å². The number of aromatic nitrogens is 3. The summed E-state index contributed by atoms with van der Waals surface area (Å²) in [6, 6.07) is 14.4. The summed E-state index contributed by atoms with van der Waals surface area (Å²) in [6.07, 6.45) is 7.23. The molecule has 4 aromatic rings. The molecule has 0 saturated heterocycles. The second-order valence-corrected chi connectivity index (χ2v) is 6.10. The molecule has 132 valence electrons. The monoisotopic (exact) mass is 357 g/mol. The molecule has 0 spiro atoms. The van der Waals surface area contributed by atoms with Crippen LogP contribution in [0.5, 0.6) is 0 Å². The molecular formula is C21H15N3O3. The quantitative estimate of drug-likeness (QED) is 0.607. The molecule has 4 rings (SSSR count). The van der Waals surface area contributed by atoms with E-state index in [1.165, 1.54) is 10.5 Å². The van der Waals surface area contributed by atoms with Crippen LogP contribution in [0.4, 0.5) is 0 Å². The minimum Gasteiger partial charge on any atom is -0.477 e. The Bertz CT molecular complexity index is 1180. The van der Waals surface area contributed by atoms with Gasteiger partial charge in [-0.05, 0) is 47.5 Å². The lowest BCUT2D eigenvalue weighted by molar-refractivity contribution is 0.0694. The van der Waals surface area contributed by atoms with E-state index >= 15 is 0 Å². The Morgan fingerprint density at radius 3 is 2.56 bits per heavy atom. The Morgan fingerprint density at radius 1 is 1.04 bits per heavy atom. The van der Waals surface area contributed by atoms with E-state index in [1.807, 2.05) is 30.3 Å². The van der Waals surface area contributed by atoms with Crippen LogP contribution in [0.3, 0.4) is 0 Å². The van der Waals surface area contributed by atoms with Crippen LogP contribution in [-0.4, -0.2) is 25.4 Å². The number of aromatic carboxylic acids is 1. The summed E-state index contributed by atoms with van der Waals surface area (Å²) in [5, 5.41) is 9.34. The van der Waals surface area contributed by atoms with Gasteiger partial charge in [-0.25, -0.2) is 4.79 Å². The topological polar surface area (TPSA) is 84.6 Å². The van der Waals surface area contributed by atoms with Crippen LogP contribution in [0.25, 0.3) is 16.6 Å². The molecule has 6 nitrogen and oxygen atoms in total. The van der Waals surface area contributed by atoms with Gasteiger partial charge >= 0.3 is 5.97 Å². The number of pyridine rings is 4. The molecule has 0 aliphatic heterocycles. The number of nitrogens with zero attached hydrogens (tertiary/aromatic N) is 3. The average Bonchev–Trinajstić information content (AvgIpc) is 2.71. The van der Waals surface area contributed by atoms with Crippen molar-refractivity contribution in [3.8, 4) is 11.1 Å². The zero-order valence-electron chi connectivity index (χ0n) is 14.2. The zero-order valence-corrected chi connectivity index (χ0v) is 14.2. The van der Waals surface area contributed by atoms with E-state index in [2.05, 4.69) is 9.97 Å². The molecular weight excluding hydrogens is 342 g/mol. The molecule has 0 atom stereocenters. The summed E-state index contributed by atoms with van der Waals surface area (Å²) in [5.74, 6) is -1.24. The van der Waals surface area contributed by atoms with Crippen LogP contribution in [0.2, 0.25) is 0 Å². The second kappa shape index (κ2) is 6.84. The van der Waals surface area contributed by atoms with Gasteiger partial charge in [-0.3, -0.25) is 19.2 Å². The molecule has 0 aliphatic carbocycles. The first-order chi connectivity index (χ1) is 13.1. The standard InChI is InChI=1S/C21H15N3O3/c25-20-18(21(26)27)12-16(19-3-1-2-10-24(19)20)11-17-5-4-15(13-23-17)14-6-8-22-9-7-14/h1-10,12-13H,11H2,(H,26,27). The highest BCUT2D eigenvalue weighted by Gasteiger charge is 2.15. The van der Waals surface area contributed by atoms with Crippen LogP contribution in [0.1, 0.15) is 21.6 Å². The van der Waals surface area contributed by atoms with Crippen molar-refractivity contribution in [3.05, 3.63) is 100 Å². The summed E-state index contributed by atoms with van der Waals surface area (Å²) in [7, 11) is 0. The lowest BCUT2D eigenvalue weighted by atomic mass is 10.0. The van der Waals surface area contributed by atoms with E-state index < -0.39 is 11.5 Å². The van der Waals surface area contributed by atoms with Crippen LogP contribution < -0.4 is 5.56 Å². The third-order valence-electron chi connectivity index (χ3n) is 4.40. The van der Waals surface area contributed by atoms with Crippen LogP contribution in [0.15, 0.2) is 78.1 Å². The molecule has 4 heterocycles. The zero-order chi connectivity index (χ0) is 18.8. The summed E-state index contributed by atoms with van der Waals surface area (Å²) in [5.41, 5.74) is 3.40. The van der Waals surface area contributed by atoms with E-state index in [-0.39, 0.29) is 5.56 Å². The first-order valence-electron chi connectivity index (χ1n) is 8.35. The third kappa shape index (κ3) is 3.20. The van der Waals surface area contributed by atoms with Gasteiger partial charge in [-0.2, -0.15) is 0 Å². The van der Waals surface area contributed by atoms with Gasteiger partial charge in [0.25, 0.3) is 5.56 Å². The molecule has 0 fully saturated rings. The lowest BCUT2D eigenvalue weighted by Gasteiger charge is -2.10. The van der Waals surface area contributed by atoms with Crippen molar-refractivity contribution < 1.29 is 9.90 Å². The summed E-state index contributed by atoms with van der Waals surface area (Å²) in [4.78, 5) is 32.3. The number of rotatable bonds is 4. The number of carbonyl (C=O) groups is 1. The molecule has 0 radical (unpaired) electrons. The number of carboxylic acids is 1. The number of carboxylic acid groups (broad SMARTS) is 1. The predicted octanol–water partition coefficient (Wildman–Crippen LogP) is 3.05. The Balaban J connectivity index is 1.74. The third-order valence-corrected chi connectivity index (χ3v) is 4.40. The molecule has 0 unspecified atom stereocenters.